The number of nitriles is 1. The number of carbonyl (C=O) groups excluding carboxylic acids is 1. The zero-order valence-electron chi connectivity index (χ0n) is 17.7. The zero-order chi connectivity index (χ0) is 22.3. The van der Waals surface area contributed by atoms with E-state index in [1.807, 2.05) is 41.8 Å². The second-order valence-electron chi connectivity index (χ2n) is 7.93. The van der Waals surface area contributed by atoms with Crippen LogP contribution >= 0.6 is 11.3 Å². The number of piperazine rings is 1. The van der Waals surface area contributed by atoms with Crippen molar-refractivity contribution in [1.29, 1.82) is 5.26 Å². The fourth-order valence-corrected chi connectivity index (χ4v) is 4.69. The first-order chi connectivity index (χ1) is 15.6. The van der Waals surface area contributed by atoms with Crippen molar-refractivity contribution in [3.05, 3.63) is 93.4 Å². The second-order valence-corrected chi connectivity index (χ2v) is 8.91. The van der Waals surface area contributed by atoms with Crippen LogP contribution in [0.3, 0.4) is 0 Å². The van der Waals surface area contributed by atoms with Gasteiger partial charge in [-0.25, -0.2) is 4.39 Å². The highest BCUT2D eigenvalue weighted by molar-refractivity contribution is 7.10. The lowest BCUT2D eigenvalue weighted by Gasteiger charge is -2.34. The predicted molar refractivity (Wildman–Crippen MR) is 124 cm³/mol. The highest BCUT2D eigenvalue weighted by Crippen LogP contribution is 2.26. The number of halogens is 1. The molecule has 1 aliphatic rings. The van der Waals surface area contributed by atoms with Crippen molar-refractivity contribution in [2.45, 2.75) is 12.6 Å². The molecule has 3 aromatic rings. The third kappa shape index (κ3) is 5.80. The Labute approximate surface area is 191 Å². The topological polar surface area (TPSA) is 59.4 Å². The van der Waals surface area contributed by atoms with Crippen LogP contribution in [0.4, 0.5) is 4.39 Å². The van der Waals surface area contributed by atoms with E-state index in [4.69, 9.17) is 5.26 Å². The van der Waals surface area contributed by atoms with Gasteiger partial charge in [0, 0.05) is 37.6 Å². The van der Waals surface area contributed by atoms with Crippen molar-refractivity contribution in [1.82, 2.24) is 15.1 Å². The quantitative estimate of drug-likeness (QED) is 0.598. The lowest BCUT2D eigenvalue weighted by molar-refractivity contribution is -0.123. The number of thiophene rings is 1. The Balaban J connectivity index is 1.30. The Morgan fingerprint density at radius 2 is 1.72 bits per heavy atom. The van der Waals surface area contributed by atoms with Crippen molar-refractivity contribution in [2.24, 2.45) is 0 Å². The normalized spacial score (nSPS) is 15.8. The molecule has 0 radical (unpaired) electrons. The highest BCUT2D eigenvalue weighted by atomic mass is 32.1. The summed E-state index contributed by atoms with van der Waals surface area (Å²) in [5.41, 5.74) is 2.73. The summed E-state index contributed by atoms with van der Waals surface area (Å²) < 4.78 is 13.4. The summed E-state index contributed by atoms with van der Waals surface area (Å²) >= 11 is 1.58. The van der Waals surface area contributed by atoms with Crippen LogP contribution in [0.15, 0.2) is 66.0 Å². The molecule has 4 rings (SSSR count). The zero-order valence-corrected chi connectivity index (χ0v) is 18.5. The van der Waals surface area contributed by atoms with Crippen LogP contribution in [0.1, 0.15) is 27.6 Å². The van der Waals surface area contributed by atoms with Gasteiger partial charge in [-0.15, -0.1) is 11.3 Å². The fraction of sp³-hybridized carbons (Fsp3) is 0.280. The maximum absolute atomic E-state index is 13.4. The van der Waals surface area contributed by atoms with E-state index in [1.54, 1.807) is 23.5 Å². The molecule has 0 saturated carbocycles. The summed E-state index contributed by atoms with van der Waals surface area (Å²) in [6.07, 6.45) is 0. The molecule has 1 aromatic heterocycles. The minimum absolute atomic E-state index is 0.0340. The fourth-order valence-electron chi connectivity index (χ4n) is 3.89. The molecule has 0 bridgehead atoms. The summed E-state index contributed by atoms with van der Waals surface area (Å²) in [4.78, 5) is 18.4. The van der Waals surface area contributed by atoms with E-state index < -0.39 is 0 Å². The summed E-state index contributed by atoms with van der Waals surface area (Å²) in [6, 6.07) is 19.8. The minimum Gasteiger partial charge on any atom is -0.343 e. The van der Waals surface area contributed by atoms with Gasteiger partial charge in [0.15, 0.2) is 0 Å². The predicted octanol–water partition coefficient (Wildman–Crippen LogP) is 3.78. The van der Waals surface area contributed by atoms with Crippen LogP contribution in [-0.2, 0) is 11.3 Å². The molecule has 2 aromatic carbocycles. The third-order valence-corrected chi connectivity index (χ3v) is 6.59. The Morgan fingerprint density at radius 3 is 2.34 bits per heavy atom. The van der Waals surface area contributed by atoms with E-state index in [1.165, 1.54) is 17.7 Å². The molecule has 164 valence electrons. The number of hydrogen-bond acceptors (Lipinski definition) is 5. The number of carbonyl (C=O) groups is 1. The van der Waals surface area contributed by atoms with Crippen LogP contribution in [-0.4, -0.2) is 48.4 Å². The standard InChI is InChI=1S/C25H25FN4OS/c26-22-9-7-21(8-10-22)25(23-2-1-15-32-23)28-24(31)18-30-13-11-29(12-14-30)17-20-5-3-19(16-27)4-6-20/h1-10,15,25H,11-14,17-18H2,(H,28,31). The number of amides is 1. The molecule has 7 heteroatoms. The number of benzene rings is 2. The minimum atomic E-state index is -0.288. The average molecular weight is 449 g/mol. The molecule has 1 unspecified atom stereocenters. The molecule has 1 saturated heterocycles. The Kier molecular flexibility index (Phi) is 7.28. The number of nitrogens with zero attached hydrogens (tertiary/aromatic N) is 3. The molecule has 0 aliphatic carbocycles. The molecular formula is C25H25FN4OS. The molecule has 1 atom stereocenters. The van der Waals surface area contributed by atoms with Gasteiger partial charge in [0.2, 0.25) is 5.91 Å². The first-order valence-electron chi connectivity index (χ1n) is 10.6. The number of nitrogens with one attached hydrogen (secondary N) is 1. The first-order valence-corrected chi connectivity index (χ1v) is 11.5. The average Bonchev–Trinajstić information content (AvgIpc) is 3.35. The molecule has 5 nitrogen and oxygen atoms in total. The highest BCUT2D eigenvalue weighted by Gasteiger charge is 2.22. The smallest absolute Gasteiger partial charge is 0.234 e. The Hall–Kier alpha value is -3.05. The van der Waals surface area contributed by atoms with E-state index in [9.17, 15) is 9.18 Å². The molecule has 2 heterocycles. The third-order valence-electron chi connectivity index (χ3n) is 5.66. The molecule has 1 amide bonds. The molecule has 1 fully saturated rings. The maximum Gasteiger partial charge on any atom is 0.234 e. The van der Waals surface area contributed by atoms with Gasteiger partial charge in [-0.2, -0.15) is 5.26 Å². The van der Waals surface area contributed by atoms with Gasteiger partial charge in [0.1, 0.15) is 5.82 Å². The van der Waals surface area contributed by atoms with Crippen LogP contribution < -0.4 is 5.32 Å². The van der Waals surface area contributed by atoms with Crippen molar-refractivity contribution in [3.63, 3.8) is 0 Å². The van der Waals surface area contributed by atoms with E-state index in [2.05, 4.69) is 21.2 Å². The van der Waals surface area contributed by atoms with Crippen LogP contribution in [0, 0.1) is 17.1 Å². The Morgan fingerprint density at radius 1 is 1.03 bits per heavy atom. The van der Waals surface area contributed by atoms with Gasteiger partial charge in [0.25, 0.3) is 0 Å². The van der Waals surface area contributed by atoms with E-state index in [0.29, 0.717) is 12.1 Å². The molecule has 32 heavy (non-hydrogen) atoms. The Bertz CT molecular complexity index is 1050. The SMILES string of the molecule is N#Cc1ccc(CN2CCN(CC(=O)NC(c3ccc(F)cc3)c3cccs3)CC2)cc1. The van der Waals surface area contributed by atoms with Crippen molar-refractivity contribution in [2.75, 3.05) is 32.7 Å². The van der Waals surface area contributed by atoms with Gasteiger partial charge in [0.05, 0.1) is 24.2 Å². The summed E-state index contributed by atoms with van der Waals surface area (Å²) in [6.45, 7) is 4.61. The summed E-state index contributed by atoms with van der Waals surface area (Å²) in [5, 5.41) is 14.0. The van der Waals surface area contributed by atoms with E-state index in [-0.39, 0.29) is 17.8 Å². The van der Waals surface area contributed by atoms with Gasteiger partial charge in [-0.05, 0) is 46.8 Å². The van der Waals surface area contributed by atoms with Gasteiger partial charge in [-0.1, -0.05) is 30.3 Å². The molecule has 0 spiro atoms. The largest absolute Gasteiger partial charge is 0.343 e. The molecule has 1 aliphatic heterocycles. The maximum atomic E-state index is 13.4. The van der Waals surface area contributed by atoms with Crippen LogP contribution in [0.25, 0.3) is 0 Å². The van der Waals surface area contributed by atoms with Gasteiger partial charge >= 0.3 is 0 Å². The van der Waals surface area contributed by atoms with Gasteiger partial charge < -0.3 is 5.32 Å². The van der Waals surface area contributed by atoms with Crippen LogP contribution in [0.5, 0.6) is 0 Å². The van der Waals surface area contributed by atoms with E-state index >= 15 is 0 Å². The lowest BCUT2D eigenvalue weighted by atomic mass is 10.1. The van der Waals surface area contributed by atoms with E-state index in [0.717, 1.165) is 43.2 Å². The van der Waals surface area contributed by atoms with Crippen molar-refractivity contribution in [3.8, 4) is 6.07 Å². The van der Waals surface area contributed by atoms with Crippen molar-refractivity contribution >= 4 is 17.2 Å². The lowest BCUT2D eigenvalue weighted by Crippen LogP contribution is -2.49. The molecule has 1 N–H and O–H groups in total. The van der Waals surface area contributed by atoms with Gasteiger partial charge in [-0.3, -0.25) is 14.6 Å². The monoisotopic (exact) mass is 448 g/mol. The van der Waals surface area contributed by atoms with Crippen LogP contribution in [0.2, 0.25) is 0 Å². The molecular weight excluding hydrogens is 423 g/mol. The van der Waals surface area contributed by atoms with Crippen molar-refractivity contribution < 1.29 is 9.18 Å². The number of rotatable bonds is 7. The number of hydrogen-bond donors (Lipinski definition) is 1. The summed E-state index contributed by atoms with van der Waals surface area (Å²) in [5.74, 6) is -0.322. The second kappa shape index (κ2) is 10.5. The summed E-state index contributed by atoms with van der Waals surface area (Å²) in [7, 11) is 0. The first kappa shape index (κ1) is 22.2.